The van der Waals surface area contributed by atoms with Crippen LogP contribution in [0.5, 0.6) is 0 Å². The van der Waals surface area contributed by atoms with Crippen LogP contribution in [0.1, 0.15) is 46.0 Å². The third-order valence-corrected chi connectivity index (χ3v) is 3.95. The van der Waals surface area contributed by atoms with E-state index in [1.165, 1.54) is 19.3 Å². The van der Waals surface area contributed by atoms with Crippen LogP contribution >= 0.6 is 0 Å². The van der Waals surface area contributed by atoms with Crippen molar-refractivity contribution in [1.82, 2.24) is 5.32 Å². The van der Waals surface area contributed by atoms with Gasteiger partial charge >= 0.3 is 0 Å². The van der Waals surface area contributed by atoms with Gasteiger partial charge < -0.3 is 10.4 Å². The summed E-state index contributed by atoms with van der Waals surface area (Å²) in [5.41, 5.74) is 0.0236. The van der Waals surface area contributed by atoms with Gasteiger partial charge in [-0.15, -0.1) is 0 Å². The predicted molar refractivity (Wildman–Crippen MR) is 53.6 cm³/mol. The third kappa shape index (κ3) is 1.75. The van der Waals surface area contributed by atoms with Crippen molar-refractivity contribution >= 4 is 0 Å². The molecule has 0 atom stereocenters. The Kier molecular flexibility index (Phi) is 2.16. The van der Waals surface area contributed by atoms with Crippen LogP contribution in [0.2, 0.25) is 0 Å². The van der Waals surface area contributed by atoms with Gasteiger partial charge in [-0.1, -0.05) is 13.8 Å². The molecule has 2 heteroatoms. The van der Waals surface area contributed by atoms with Crippen LogP contribution in [0.15, 0.2) is 0 Å². The Balaban J connectivity index is 1.79. The highest BCUT2D eigenvalue weighted by Gasteiger charge is 2.47. The number of rotatable bonds is 4. The summed E-state index contributed by atoms with van der Waals surface area (Å²) in [5, 5.41) is 13.5. The largest absolute Gasteiger partial charge is 0.389 e. The van der Waals surface area contributed by atoms with Gasteiger partial charge in [0, 0.05) is 12.1 Å². The Morgan fingerprint density at radius 1 is 1.23 bits per heavy atom. The van der Waals surface area contributed by atoms with E-state index in [0.717, 1.165) is 19.4 Å². The summed E-state index contributed by atoms with van der Waals surface area (Å²) in [5.74, 6) is 0.705. The molecule has 2 rings (SSSR count). The fraction of sp³-hybridized carbons (Fsp3) is 1.00. The molecule has 2 saturated carbocycles. The highest BCUT2D eigenvalue weighted by Crippen LogP contribution is 2.43. The lowest BCUT2D eigenvalue weighted by Gasteiger charge is -2.38. The van der Waals surface area contributed by atoms with Crippen LogP contribution in [-0.2, 0) is 0 Å². The minimum atomic E-state index is -0.357. The SMILES string of the molecule is CC(C)C1(NCC2(O)CCC2)CC1. The maximum Gasteiger partial charge on any atom is 0.0771 e. The first kappa shape index (κ1) is 9.47. The fourth-order valence-electron chi connectivity index (χ4n) is 2.20. The van der Waals surface area contributed by atoms with Gasteiger partial charge in [-0.05, 0) is 38.0 Å². The minimum absolute atomic E-state index is 0.357. The zero-order valence-corrected chi connectivity index (χ0v) is 8.77. The van der Waals surface area contributed by atoms with Crippen molar-refractivity contribution in [3.8, 4) is 0 Å². The summed E-state index contributed by atoms with van der Waals surface area (Å²) in [6.07, 6.45) is 5.77. The molecule has 0 amide bonds. The van der Waals surface area contributed by atoms with E-state index < -0.39 is 0 Å². The molecule has 0 spiro atoms. The van der Waals surface area contributed by atoms with Gasteiger partial charge in [0.25, 0.3) is 0 Å². The van der Waals surface area contributed by atoms with Gasteiger partial charge in [0.05, 0.1) is 5.60 Å². The lowest BCUT2D eigenvalue weighted by atomic mass is 9.80. The summed E-state index contributed by atoms with van der Waals surface area (Å²) < 4.78 is 0. The van der Waals surface area contributed by atoms with Crippen LogP contribution in [-0.4, -0.2) is 22.8 Å². The summed E-state index contributed by atoms with van der Waals surface area (Å²) in [7, 11) is 0. The van der Waals surface area contributed by atoms with Crippen LogP contribution in [0.3, 0.4) is 0 Å². The molecular formula is C11H21NO. The first-order valence-corrected chi connectivity index (χ1v) is 5.54. The van der Waals surface area contributed by atoms with Crippen LogP contribution in [0.25, 0.3) is 0 Å². The van der Waals surface area contributed by atoms with Crippen molar-refractivity contribution in [1.29, 1.82) is 0 Å². The predicted octanol–water partition coefficient (Wildman–Crippen LogP) is 1.68. The van der Waals surface area contributed by atoms with Gasteiger partial charge in [-0.2, -0.15) is 0 Å². The highest BCUT2D eigenvalue weighted by molar-refractivity contribution is 5.06. The molecule has 2 N–H and O–H groups in total. The normalized spacial score (nSPS) is 28.6. The monoisotopic (exact) mass is 183 g/mol. The lowest BCUT2D eigenvalue weighted by molar-refractivity contribution is -0.0351. The van der Waals surface area contributed by atoms with Crippen LogP contribution < -0.4 is 5.32 Å². The quantitative estimate of drug-likeness (QED) is 0.695. The van der Waals surface area contributed by atoms with Crippen molar-refractivity contribution in [2.45, 2.75) is 57.1 Å². The maximum absolute atomic E-state index is 9.92. The summed E-state index contributed by atoms with van der Waals surface area (Å²) in [6, 6.07) is 0. The second-order valence-electron chi connectivity index (χ2n) is 5.24. The van der Waals surface area contributed by atoms with E-state index in [2.05, 4.69) is 19.2 Å². The Labute approximate surface area is 80.7 Å². The van der Waals surface area contributed by atoms with Gasteiger partial charge in [0.2, 0.25) is 0 Å². The standard InChI is InChI=1S/C11H21NO/c1-9(2)11(6-7-11)12-8-10(13)4-3-5-10/h9,12-13H,3-8H2,1-2H3. The molecule has 0 aromatic rings. The molecule has 0 bridgehead atoms. The maximum atomic E-state index is 9.92. The van der Waals surface area contributed by atoms with Gasteiger partial charge in [0.1, 0.15) is 0 Å². The zero-order chi connectivity index (χ0) is 9.53. The summed E-state index contributed by atoms with van der Waals surface area (Å²) in [4.78, 5) is 0. The molecule has 0 heterocycles. The number of hydrogen-bond acceptors (Lipinski definition) is 2. The van der Waals surface area contributed by atoms with E-state index in [9.17, 15) is 5.11 Å². The van der Waals surface area contributed by atoms with Crippen LogP contribution in [0.4, 0.5) is 0 Å². The molecule has 2 fully saturated rings. The number of nitrogens with one attached hydrogen (secondary N) is 1. The van der Waals surface area contributed by atoms with E-state index in [4.69, 9.17) is 0 Å². The molecule has 2 nitrogen and oxygen atoms in total. The Bertz CT molecular complexity index is 192. The van der Waals surface area contributed by atoms with E-state index in [0.29, 0.717) is 11.5 Å². The smallest absolute Gasteiger partial charge is 0.0771 e. The molecule has 76 valence electrons. The lowest BCUT2D eigenvalue weighted by Crippen LogP contribution is -2.51. The number of aliphatic hydroxyl groups is 1. The van der Waals surface area contributed by atoms with Crippen molar-refractivity contribution < 1.29 is 5.11 Å². The molecule has 0 aromatic carbocycles. The Morgan fingerprint density at radius 3 is 2.15 bits per heavy atom. The van der Waals surface area contributed by atoms with Crippen LogP contribution in [0, 0.1) is 5.92 Å². The molecule has 0 unspecified atom stereocenters. The summed E-state index contributed by atoms with van der Waals surface area (Å²) >= 11 is 0. The first-order chi connectivity index (χ1) is 6.06. The molecular weight excluding hydrogens is 162 g/mol. The van der Waals surface area contributed by atoms with Gasteiger partial charge in [-0.3, -0.25) is 0 Å². The molecule has 0 aliphatic heterocycles. The van der Waals surface area contributed by atoms with Crippen molar-refractivity contribution in [2.75, 3.05) is 6.54 Å². The minimum Gasteiger partial charge on any atom is -0.389 e. The van der Waals surface area contributed by atoms with Crippen molar-refractivity contribution in [3.63, 3.8) is 0 Å². The second-order valence-corrected chi connectivity index (χ2v) is 5.24. The Morgan fingerprint density at radius 2 is 1.85 bits per heavy atom. The molecule has 0 aromatic heterocycles. The third-order valence-electron chi connectivity index (χ3n) is 3.95. The second kappa shape index (κ2) is 2.96. The number of β-amino-alcohol motifs (C(OH)–C–C–N with tert-alkyl or cyclic N) is 1. The van der Waals surface area contributed by atoms with E-state index >= 15 is 0 Å². The molecule has 2 aliphatic carbocycles. The molecule has 2 aliphatic rings. The molecule has 0 radical (unpaired) electrons. The average Bonchev–Trinajstić information content (AvgIpc) is 2.78. The topological polar surface area (TPSA) is 32.3 Å². The number of hydrogen-bond donors (Lipinski definition) is 2. The van der Waals surface area contributed by atoms with E-state index in [1.54, 1.807) is 0 Å². The van der Waals surface area contributed by atoms with Crippen molar-refractivity contribution in [2.24, 2.45) is 5.92 Å². The van der Waals surface area contributed by atoms with E-state index in [1.807, 2.05) is 0 Å². The first-order valence-electron chi connectivity index (χ1n) is 5.54. The fourth-order valence-corrected chi connectivity index (χ4v) is 2.20. The van der Waals surface area contributed by atoms with Gasteiger partial charge in [0.15, 0.2) is 0 Å². The van der Waals surface area contributed by atoms with Crippen molar-refractivity contribution in [3.05, 3.63) is 0 Å². The molecule has 13 heavy (non-hydrogen) atoms. The average molecular weight is 183 g/mol. The highest BCUT2D eigenvalue weighted by atomic mass is 16.3. The Hall–Kier alpha value is -0.0800. The zero-order valence-electron chi connectivity index (χ0n) is 8.77. The van der Waals surface area contributed by atoms with Gasteiger partial charge in [-0.25, -0.2) is 0 Å². The van der Waals surface area contributed by atoms with E-state index in [-0.39, 0.29) is 5.60 Å². The molecule has 0 saturated heterocycles. The summed E-state index contributed by atoms with van der Waals surface area (Å²) in [6.45, 7) is 5.35.